The minimum Gasteiger partial charge on any atom is -0.239 e. The normalized spacial score (nSPS) is 8.44. The first-order chi connectivity index (χ1) is 4.34. The summed E-state index contributed by atoms with van der Waals surface area (Å²) in [6, 6.07) is 2.91. The summed E-state index contributed by atoms with van der Waals surface area (Å²) in [5.41, 5.74) is -0.0301. The number of nitrogens with zero attached hydrogens (tertiary/aromatic N) is 2. The Labute approximate surface area is 51.8 Å². The van der Waals surface area contributed by atoms with Crippen LogP contribution in [0.3, 0.4) is 0 Å². The van der Waals surface area contributed by atoms with Crippen molar-refractivity contribution in [3.05, 3.63) is 35.7 Å². The molecule has 0 saturated carbocycles. The second-order valence-corrected chi connectivity index (χ2v) is 1.43. The Morgan fingerprint density at radius 1 is 1.67 bits per heavy atom. The number of halogens is 1. The molecule has 1 rings (SSSR count). The van der Waals surface area contributed by atoms with E-state index in [-0.39, 0.29) is 5.69 Å². The second kappa shape index (κ2) is 2.23. The van der Waals surface area contributed by atoms with Gasteiger partial charge in [0.1, 0.15) is 0 Å². The molecule has 0 amide bonds. The zero-order valence-corrected chi connectivity index (χ0v) is 4.50. The fraction of sp³-hybridized carbons (Fsp3) is 0. The van der Waals surface area contributed by atoms with Crippen LogP contribution in [-0.2, 0) is 0 Å². The van der Waals surface area contributed by atoms with Gasteiger partial charge in [-0.3, -0.25) is 0 Å². The Morgan fingerprint density at radius 3 is 2.89 bits per heavy atom. The van der Waals surface area contributed by atoms with E-state index in [1.165, 1.54) is 18.3 Å². The van der Waals surface area contributed by atoms with E-state index in [1.54, 1.807) is 0 Å². The van der Waals surface area contributed by atoms with Crippen LogP contribution >= 0.6 is 0 Å². The summed E-state index contributed by atoms with van der Waals surface area (Å²) in [4.78, 5) is 6.15. The molecule has 44 valence electrons. The van der Waals surface area contributed by atoms with Crippen molar-refractivity contribution in [1.29, 1.82) is 0 Å². The van der Waals surface area contributed by atoms with Crippen molar-refractivity contribution in [2.75, 3.05) is 0 Å². The molecule has 0 N–H and O–H groups in total. The number of hydrogen-bond acceptors (Lipinski definition) is 1. The molecule has 0 atom stereocenters. The molecule has 0 aromatic carbocycles. The summed E-state index contributed by atoms with van der Waals surface area (Å²) >= 11 is 0. The molecule has 2 nitrogen and oxygen atoms in total. The van der Waals surface area contributed by atoms with Gasteiger partial charge in [0, 0.05) is 6.20 Å². The van der Waals surface area contributed by atoms with Crippen molar-refractivity contribution >= 4 is 5.69 Å². The Balaban J connectivity index is 3.20. The molecule has 1 aromatic rings. The summed E-state index contributed by atoms with van der Waals surface area (Å²) in [6.07, 6.45) is 1.31. The highest BCUT2D eigenvalue weighted by atomic mass is 19.1. The van der Waals surface area contributed by atoms with Crippen LogP contribution in [0.1, 0.15) is 0 Å². The fourth-order valence-electron chi connectivity index (χ4n) is 0.461. The van der Waals surface area contributed by atoms with Gasteiger partial charge in [-0.1, -0.05) is 12.1 Å². The molecular weight excluding hydrogens is 119 g/mol. The van der Waals surface area contributed by atoms with Crippen molar-refractivity contribution in [1.82, 2.24) is 4.98 Å². The third-order valence-corrected chi connectivity index (χ3v) is 0.860. The minimum absolute atomic E-state index is 0.0301. The highest BCUT2D eigenvalue weighted by molar-refractivity contribution is 5.41. The zero-order valence-electron chi connectivity index (χ0n) is 4.50. The first-order valence-corrected chi connectivity index (χ1v) is 2.32. The van der Waals surface area contributed by atoms with Gasteiger partial charge in [-0.25, -0.2) is 9.83 Å². The minimum atomic E-state index is -0.701. The van der Waals surface area contributed by atoms with Crippen LogP contribution in [0.5, 0.6) is 0 Å². The summed E-state index contributed by atoms with van der Waals surface area (Å²) in [6.45, 7) is 6.43. The van der Waals surface area contributed by atoms with Crippen molar-refractivity contribution in [2.24, 2.45) is 0 Å². The lowest BCUT2D eigenvalue weighted by atomic mass is 10.4. The van der Waals surface area contributed by atoms with Crippen molar-refractivity contribution in [2.45, 2.75) is 0 Å². The highest BCUT2D eigenvalue weighted by Gasteiger charge is 1.97. The molecule has 0 aliphatic heterocycles. The van der Waals surface area contributed by atoms with Gasteiger partial charge in [-0.2, -0.15) is 4.39 Å². The Bertz CT molecular complexity index is 251. The SMILES string of the molecule is [C-]#[N+]c1cccnc1F. The number of rotatable bonds is 0. The molecule has 3 heteroatoms. The van der Waals surface area contributed by atoms with Gasteiger partial charge in [0.05, 0.1) is 6.57 Å². The molecule has 0 fully saturated rings. The quantitative estimate of drug-likeness (QED) is 0.378. The van der Waals surface area contributed by atoms with Crippen LogP contribution in [0.4, 0.5) is 10.1 Å². The van der Waals surface area contributed by atoms with E-state index in [2.05, 4.69) is 9.83 Å². The van der Waals surface area contributed by atoms with E-state index in [0.717, 1.165) is 0 Å². The van der Waals surface area contributed by atoms with Gasteiger partial charge in [0.15, 0.2) is 0 Å². The number of aromatic nitrogens is 1. The van der Waals surface area contributed by atoms with E-state index >= 15 is 0 Å². The first-order valence-electron chi connectivity index (χ1n) is 2.32. The third kappa shape index (κ3) is 1.03. The van der Waals surface area contributed by atoms with Gasteiger partial charge in [0.2, 0.25) is 11.6 Å². The van der Waals surface area contributed by atoms with E-state index in [4.69, 9.17) is 6.57 Å². The predicted octanol–water partition coefficient (Wildman–Crippen LogP) is 1.77. The first kappa shape index (κ1) is 5.70. The smallest absolute Gasteiger partial charge is 0.239 e. The van der Waals surface area contributed by atoms with Gasteiger partial charge in [-0.15, -0.1) is 0 Å². The molecule has 1 aromatic heterocycles. The molecule has 0 saturated heterocycles. The maximum atomic E-state index is 12.3. The largest absolute Gasteiger partial charge is 0.240 e. The summed E-state index contributed by atoms with van der Waals surface area (Å²) in [7, 11) is 0. The maximum Gasteiger partial charge on any atom is 0.240 e. The molecule has 1 heterocycles. The Morgan fingerprint density at radius 2 is 2.44 bits per heavy atom. The van der Waals surface area contributed by atoms with Crippen molar-refractivity contribution in [3.63, 3.8) is 0 Å². The monoisotopic (exact) mass is 122 g/mol. The van der Waals surface area contributed by atoms with Crippen LogP contribution in [0.25, 0.3) is 4.85 Å². The lowest BCUT2D eigenvalue weighted by Gasteiger charge is -1.86. The lowest BCUT2D eigenvalue weighted by Crippen LogP contribution is -1.77. The molecule has 0 aliphatic carbocycles. The Kier molecular flexibility index (Phi) is 1.41. The van der Waals surface area contributed by atoms with Gasteiger partial charge < -0.3 is 0 Å². The Hall–Kier alpha value is -1.43. The molecular formula is C6H3FN2. The van der Waals surface area contributed by atoms with Crippen molar-refractivity contribution < 1.29 is 4.39 Å². The summed E-state index contributed by atoms with van der Waals surface area (Å²) in [5, 5.41) is 0. The third-order valence-electron chi connectivity index (χ3n) is 0.860. The topological polar surface area (TPSA) is 17.2 Å². The standard InChI is InChI=1S/C6H3FN2/c1-8-5-3-2-4-9-6(5)7/h2-4H. The summed E-state index contributed by atoms with van der Waals surface area (Å²) < 4.78 is 12.3. The maximum absolute atomic E-state index is 12.3. The van der Waals surface area contributed by atoms with Gasteiger partial charge in [-0.05, 0) is 0 Å². The van der Waals surface area contributed by atoms with Gasteiger partial charge >= 0.3 is 0 Å². The molecule has 9 heavy (non-hydrogen) atoms. The van der Waals surface area contributed by atoms with Crippen molar-refractivity contribution in [3.8, 4) is 0 Å². The number of pyridine rings is 1. The van der Waals surface area contributed by atoms with E-state index < -0.39 is 5.95 Å². The summed E-state index contributed by atoms with van der Waals surface area (Å²) in [5.74, 6) is -0.701. The van der Waals surface area contributed by atoms with Crippen LogP contribution in [0.15, 0.2) is 18.3 Å². The van der Waals surface area contributed by atoms with Crippen LogP contribution in [0.2, 0.25) is 0 Å². The van der Waals surface area contributed by atoms with Crippen LogP contribution in [-0.4, -0.2) is 4.98 Å². The number of hydrogen-bond donors (Lipinski definition) is 0. The fourth-order valence-corrected chi connectivity index (χ4v) is 0.461. The van der Waals surface area contributed by atoms with E-state index in [0.29, 0.717) is 0 Å². The van der Waals surface area contributed by atoms with Gasteiger partial charge in [0.25, 0.3) is 0 Å². The molecule has 0 spiro atoms. The average molecular weight is 122 g/mol. The zero-order chi connectivity index (χ0) is 6.69. The molecule has 0 bridgehead atoms. The van der Waals surface area contributed by atoms with E-state index in [1.807, 2.05) is 0 Å². The van der Waals surface area contributed by atoms with Crippen LogP contribution in [0, 0.1) is 12.5 Å². The molecule has 0 aliphatic rings. The highest BCUT2D eigenvalue weighted by Crippen LogP contribution is 2.12. The van der Waals surface area contributed by atoms with E-state index in [9.17, 15) is 4.39 Å². The molecule has 0 unspecified atom stereocenters. The lowest BCUT2D eigenvalue weighted by molar-refractivity contribution is 0.590. The molecule has 0 radical (unpaired) electrons. The second-order valence-electron chi connectivity index (χ2n) is 1.43. The average Bonchev–Trinajstić information content (AvgIpc) is 1.89. The predicted molar refractivity (Wildman–Crippen MR) is 30.5 cm³/mol. The van der Waals surface area contributed by atoms with Crippen LogP contribution < -0.4 is 0 Å².